The second-order valence-electron chi connectivity index (χ2n) is 8.51. The standard InChI is InChI=1S/C26H31N7O3/c1-4-11-32-26(35)22(25(27)33(32)24-7-5-6-10-28-24)15-29-19(3)30-20-8-9-23(18(2)14-20)36-21-16-31(17-21)12-13-34/h4-10,14-15,21,30,34H,1,3,11-13,16-17,27H2,2H3/b29-15-. The van der Waals surface area contributed by atoms with Crippen molar-refractivity contribution >= 4 is 17.7 Å². The third-order valence-corrected chi connectivity index (χ3v) is 5.83. The van der Waals surface area contributed by atoms with Gasteiger partial charge in [0, 0.05) is 37.7 Å². The van der Waals surface area contributed by atoms with Gasteiger partial charge in [0.2, 0.25) is 0 Å². The van der Waals surface area contributed by atoms with Crippen LogP contribution in [0.1, 0.15) is 11.1 Å². The van der Waals surface area contributed by atoms with Crippen LogP contribution in [0.15, 0.2) is 77.4 Å². The van der Waals surface area contributed by atoms with Gasteiger partial charge in [0.25, 0.3) is 5.56 Å². The monoisotopic (exact) mass is 489 g/mol. The zero-order valence-corrected chi connectivity index (χ0v) is 20.3. The number of nitrogens with zero attached hydrogens (tertiary/aromatic N) is 5. The molecule has 4 N–H and O–H groups in total. The molecule has 188 valence electrons. The van der Waals surface area contributed by atoms with Crippen molar-refractivity contribution < 1.29 is 9.84 Å². The van der Waals surface area contributed by atoms with Crippen molar-refractivity contribution in [2.45, 2.75) is 19.6 Å². The van der Waals surface area contributed by atoms with Gasteiger partial charge in [-0.15, -0.1) is 6.58 Å². The number of ether oxygens (including phenoxy) is 1. The van der Waals surface area contributed by atoms with Crippen molar-refractivity contribution in [1.82, 2.24) is 19.2 Å². The molecule has 0 unspecified atom stereocenters. The van der Waals surface area contributed by atoms with E-state index in [9.17, 15) is 4.79 Å². The van der Waals surface area contributed by atoms with E-state index in [0.717, 1.165) is 30.1 Å². The van der Waals surface area contributed by atoms with Crippen molar-refractivity contribution in [2.24, 2.45) is 4.99 Å². The van der Waals surface area contributed by atoms with Gasteiger partial charge in [0.1, 0.15) is 29.1 Å². The molecule has 0 radical (unpaired) electrons. The number of pyridine rings is 1. The molecule has 2 aromatic heterocycles. The van der Waals surface area contributed by atoms with Gasteiger partial charge in [-0.2, -0.15) is 0 Å². The number of aryl methyl sites for hydroxylation is 1. The molecule has 36 heavy (non-hydrogen) atoms. The van der Waals surface area contributed by atoms with Gasteiger partial charge in [-0.1, -0.05) is 18.7 Å². The number of allylic oxidation sites excluding steroid dienone is 1. The summed E-state index contributed by atoms with van der Waals surface area (Å²) < 4.78 is 9.05. The Morgan fingerprint density at radius 3 is 2.83 bits per heavy atom. The molecule has 0 bridgehead atoms. The summed E-state index contributed by atoms with van der Waals surface area (Å²) in [5.74, 6) is 1.91. The number of hydrogen-bond acceptors (Lipinski definition) is 8. The Balaban J connectivity index is 1.45. The van der Waals surface area contributed by atoms with Gasteiger partial charge in [0.15, 0.2) is 5.82 Å². The molecule has 0 atom stereocenters. The molecule has 1 aliphatic heterocycles. The Bertz CT molecular complexity index is 1320. The largest absolute Gasteiger partial charge is 0.487 e. The van der Waals surface area contributed by atoms with Crippen LogP contribution in [0.2, 0.25) is 0 Å². The Morgan fingerprint density at radius 2 is 2.17 bits per heavy atom. The van der Waals surface area contributed by atoms with E-state index in [1.807, 2.05) is 31.2 Å². The Labute approximate surface area is 209 Å². The summed E-state index contributed by atoms with van der Waals surface area (Å²) in [7, 11) is 0. The number of aromatic nitrogens is 3. The first kappa shape index (κ1) is 25.0. The lowest BCUT2D eigenvalue weighted by atomic mass is 10.1. The lowest BCUT2D eigenvalue weighted by Gasteiger charge is -2.38. The number of anilines is 2. The number of benzene rings is 1. The molecule has 4 rings (SSSR count). The average molecular weight is 490 g/mol. The lowest BCUT2D eigenvalue weighted by molar-refractivity contribution is 0.0103. The number of nitrogen functional groups attached to an aromatic ring is 1. The van der Waals surface area contributed by atoms with E-state index in [0.29, 0.717) is 18.2 Å². The third-order valence-electron chi connectivity index (χ3n) is 5.83. The number of likely N-dealkylation sites (tertiary alicyclic amines) is 1. The molecule has 0 amide bonds. The van der Waals surface area contributed by atoms with Crippen molar-refractivity contribution in [1.29, 1.82) is 0 Å². The number of nitrogens with one attached hydrogen (secondary N) is 1. The summed E-state index contributed by atoms with van der Waals surface area (Å²) in [6.07, 6.45) is 4.79. The fourth-order valence-corrected chi connectivity index (χ4v) is 4.02. The molecule has 0 saturated carbocycles. The molecular weight excluding hydrogens is 458 g/mol. The number of aliphatic imine (C=N–C) groups is 1. The molecule has 1 aliphatic rings. The van der Waals surface area contributed by atoms with Crippen LogP contribution < -0.4 is 21.3 Å². The van der Waals surface area contributed by atoms with Crippen molar-refractivity contribution in [2.75, 3.05) is 37.3 Å². The Hall–Kier alpha value is -4.15. The molecule has 3 heterocycles. The highest BCUT2D eigenvalue weighted by Gasteiger charge is 2.28. The summed E-state index contributed by atoms with van der Waals surface area (Å²) in [5, 5.41) is 12.1. The fourth-order valence-electron chi connectivity index (χ4n) is 4.02. The van der Waals surface area contributed by atoms with Crippen LogP contribution in [0.3, 0.4) is 0 Å². The average Bonchev–Trinajstić information content (AvgIpc) is 3.07. The molecule has 1 fully saturated rings. The van der Waals surface area contributed by atoms with Gasteiger partial charge < -0.3 is 20.9 Å². The van der Waals surface area contributed by atoms with E-state index in [2.05, 4.69) is 33.4 Å². The highest BCUT2D eigenvalue weighted by atomic mass is 16.5. The minimum Gasteiger partial charge on any atom is -0.487 e. The normalized spacial score (nSPS) is 14.1. The maximum absolute atomic E-state index is 13.0. The smallest absolute Gasteiger partial charge is 0.278 e. The van der Waals surface area contributed by atoms with Gasteiger partial charge in [-0.25, -0.2) is 19.3 Å². The first-order valence-corrected chi connectivity index (χ1v) is 11.7. The van der Waals surface area contributed by atoms with E-state index in [4.69, 9.17) is 15.6 Å². The summed E-state index contributed by atoms with van der Waals surface area (Å²) in [4.78, 5) is 23.8. The molecule has 1 aromatic carbocycles. The van der Waals surface area contributed by atoms with Gasteiger partial charge in [-0.05, 0) is 42.8 Å². The van der Waals surface area contributed by atoms with Crippen LogP contribution in [0.4, 0.5) is 11.5 Å². The molecule has 1 saturated heterocycles. The minimum atomic E-state index is -0.305. The Morgan fingerprint density at radius 1 is 1.36 bits per heavy atom. The quantitative estimate of drug-likeness (QED) is 0.279. The van der Waals surface area contributed by atoms with E-state index < -0.39 is 0 Å². The molecule has 10 heteroatoms. The van der Waals surface area contributed by atoms with E-state index >= 15 is 0 Å². The lowest BCUT2D eigenvalue weighted by Crippen LogP contribution is -2.54. The van der Waals surface area contributed by atoms with Crippen LogP contribution in [0.5, 0.6) is 5.75 Å². The molecule has 0 aliphatic carbocycles. The van der Waals surface area contributed by atoms with Crippen LogP contribution in [-0.2, 0) is 6.54 Å². The summed E-state index contributed by atoms with van der Waals surface area (Å²) in [5.41, 5.74) is 8.02. The van der Waals surface area contributed by atoms with E-state index in [-0.39, 0.29) is 36.2 Å². The highest BCUT2D eigenvalue weighted by Crippen LogP contribution is 2.26. The maximum atomic E-state index is 13.0. The fraction of sp³-hybridized carbons (Fsp3) is 0.269. The van der Waals surface area contributed by atoms with Crippen molar-refractivity contribution in [3.8, 4) is 11.6 Å². The number of β-amino-alcohol motifs (C(OH)–C–C–N with tert-alkyl or cyclic N) is 1. The number of nitrogens with two attached hydrogens (primary N) is 1. The summed E-state index contributed by atoms with van der Waals surface area (Å²) >= 11 is 0. The van der Waals surface area contributed by atoms with Crippen LogP contribution in [-0.4, -0.2) is 62.9 Å². The number of aliphatic hydroxyl groups excluding tert-OH is 1. The van der Waals surface area contributed by atoms with Gasteiger partial charge in [0.05, 0.1) is 13.2 Å². The first-order valence-electron chi connectivity index (χ1n) is 11.7. The second-order valence-corrected chi connectivity index (χ2v) is 8.51. The predicted molar refractivity (Wildman–Crippen MR) is 142 cm³/mol. The second kappa shape index (κ2) is 11.1. The Kier molecular flexibility index (Phi) is 7.67. The molecular formula is C26H31N7O3. The van der Waals surface area contributed by atoms with E-state index in [1.165, 1.54) is 10.9 Å². The van der Waals surface area contributed by atoms with Crippen LogP contribution in [0.25, 0.3) is 5.82 Å². The molecule has 10 nitrogen and oxygen atoms in total. The first-order chi connectivity index (χ1) is 17.4. The van der Waals surface area contributed by atoms with Gasteiger partial charge >= 0.3 is 0 Å². The number of aliphatic hydroxyl groups is 1. The number of hydrogen-bond donors (Lipinski definition) is 3. The zero-order chi connectivity index (χ0) is 25.7. The summed E-state index contributed by atoms with van der Waals surface area (Å²) in [6, 6.07) is 11.1. The zero-order valence-electron chi connectivity index (χ0n) is 20.3. The van der Waals surface area contributed by atoms with E-state index in [1.54, 1.807) is 29.1 Å². The predicted octanol–water partition coefficient (Wildman–Crippen LogP) is 2.17. The van der Waals surface area contributed by atoms with Crippen molar-refractivity contribution in [3.63, 3.8) is 0 Å². The third kappa shape index (κ3) is 5.40. The van der Waals surface area contributed by atoms with Crippen molar-refractivity contribution in [3.05, 3.63) is 89.1 Å². The highest BCUT2D eigenvalue weighted by molar-refractivity contribution is 5.86. The summed E-state index contributed by atoms with van der Waals surface area (Å²) in [6.45, 7) is 12.4. The molecule has 0 spiro atoms. The molecule has 3 aromatic rings. The van der Waals surface area contributed by atoms with Crippen LogP contribution >= 0.6 is 0 Å². The van der Waals surface area contributed by atoms with Crippen LogP contribution in [0, 0.1) is 6.92 Å². The van der Waals surface area contributed by atoms with Gasteiger partial charge in [-0.3, -0.25) is 9.69 Å². The maximum Gasteiger partial charge on any atom is 0.278 e. The number of rotatable bonds is 11. The minimum absolute atomic E-state index is 0.127. The topological polar surface area (TPSA) is 123 Å². The SMILES string of the molecule is C=CCn1c(=O)c(/C=N\C(=C)Nc2ccc(OC3CN(CCO)C3)c(C)c2)c(N)n1-c1ccccn1.